The van der Waals surface area contributed by atoms with Gasteiger partial charge in [-0.05, 0) is 37.8 Å². The van der Waals surface area contributed by atoms with Gasteiger partial charge >= 0.3 is 0 Å². The number of hydrogen-bond donors (Lipinski definition) is 1. The normalized spacial score (nSPS) is 24.8. The highest BCUT2D eigenvalue weighted by molar-refractivity contribution is 7.89. The summed E-state index contributed by atoms with van der Waals surface area (Å²) in [5, 5.41) is 10.0. The molecule has 2 atom stereocenters. The van der Waals surface area contributed by atoms with Gasteiger partial charge in [0.2, 0.25) is 10.0 Å². The monoisotopic (exact) mass is 318 g/mol. The quantitative estimate of drug-likeness (QED) is 0.853. The predicted octanol–water partition coefficient (Wildman–Crippen LogP) is 1.45. The van der Waals surface area contributed by atoms with Crippen LogP contribution >= 0.6 is 11.6 Å². The molecule has 20 heavy (non-hydrogen) atoms. The number of aliphatic hydroxyl groups excluding tert-OH is 1. The number of aliphatic hydroxyl groups is 1. The van der Waals surface area contributed by atoms with E-state index in [2.05, 4.69) is 4.98 Å². The highest BCUT2D eigenvalue weighted by Gasteiger charge is 2.32. The Morgan fingerprint density at radius 2 is 2.20 bits per heavy atom. The van der Waals surface area contributed by atoms with Crippen LogP contribution in [-0.2, 0) is 16.4 Å². The molecule has 2 heterocycles. The lowest BCUT2D eigenvalue weighted by molar-refractivity contribution is 0.0856. The Hall–Kier alpha value is -0.690. The van der Waals surface area contributed by atoms with Crippen molar-refractivity contribution in [3.05, 3.63) is 29.0 Å². The number of piperidine rings is 1. The summed E-state index contributed by atoms with van der Waals surface area (Å²) in [5.74, 6) is 0.0212. The van der Waals surface area contributed by atoms with E-state index in [4.69, 9.17) is 11.6 Å². The summed E-state index contributed by atoms with van der Waals surface area (Å²) in [6, 6.07) is 3.38. The van der Waals surface area contributed by atoms with Crippen molar-refractivity contribution in [2.24, 2.45) is 0 Å². The van der Waals surface area contributed by atoms with Crippen molar-refractivity contribution >= 4 is 21.6 Å². The Morgan fingerprint density at radius 3 is 2.85 bits per heavy atom. The first-order chi connectivity index (χ1) is 9.38. The van der Waals surface area contributed by atoms with Gasteiger partial charge in [0.15, 0.2) is 0 Å². The van der Waals surface area contributed by atoms with Crippen LogP contribution in [0.2, 0.25) is 5.15 Å². The van der Waals surface area contributed by atoms with Gasteiger partial charge in [-0.25, -0.2) is 13.4 Å². The molecule has 0 unspecified atom stereocenters. The summed E-state index contributed by atoms with van der Waals surface area (Å²) in [5.41, 5.74) is 0.836. The summed E-state index contributed by atoms with van der Waals surface area (Å²) in [7, 11) is -3.36. The van der Waals surface area contributed by atoms with Gasteiger partial charge in [0, 0.05) is 18.8 Å². The van der Waals surface area contributed by atoms with E-state index in [1.54, 1.807) is 18.3 Å². The van der Waals surface area contributed by atoms with Gasteiger partial charge in [0.05, 0.1) is 11.9 Å². The van der Waals surface area contributed by atoms with Gasteiger partial charge in [-0.1, -0.05) is 17.7 Å². The number of hydrogen-bond acceptors (Lipinski definition) is 4. The van der Waals surface area contributed by atoms with Crippen LogP contribution in [-0.4, -0.2) is 47.3 Å². The van der Waals surface area contributed by atoms with E-state index in [0.29, 0.717) is 24.4 Å². The molecule has 0 radical (unpaired) electrons. The van der Waals surface area contributed by atoms with E-state index in [9.17, 15) is 13.5 Å². The summed E-state index contributed by atoms with van der Waals surface area (Å²) in [4.78, 5) is 3.94. The van der Waals surface area contributed by atoms with Crippen LogP contribution < -0.4 is 0 Å². The van der Waals surface area contributed by atoms with Crippen molar-refractivity contribution < 1.29 is 13.5 Å². The lowest BCUT2D eigenvalue weighted by Gasteiger charge is -2.34. The van der Waals surface area contributed by atoms with Crippen molar-refractivity contribution in [3.63, 3.8) is 0 Å². The van der Waals surface area contributed by atoms with Crippen molar-refractivity contribution in [1.29, 1.82) is 0 Å². The zero-order valence-electron chi connectivity index (χ0n) is 11.4. The molecule has 0 bridgehead atoms. The molecule has 0 aromatic carbocycles. The maximum atomic E-state index is 12.4. The maximum absolute atomic E-state index is 12.4. The average Bonchev–Trinajstić information content (AvgIpc) is 2.41. The molecule has 0 amide bonds. The van der Waals surface area contributed by atoms with E-state index in [0.717, 1.165) is 5.56 Å². The van der Waals surface area contributed by atoms with E-state index < -0.39 is 16.1 Å². The molecule has 0 aliphatic carbocycles. The fraction of sp³-hybridized carbons (Fsp3) is 0.615. The first kappa shape index (κ1) is 15.7. The van der Waals surface area contributed by atoms with Crippen LogP contribution in [0.25, 0.3) is 0 Å². The van der Waals surface area contributed by atoms with Crippen LogP contribution in [0, 0.1) is 0 Å². The van der Waals surface area contributed by atoms with Gasteiger partial charge < -0.3 is 5.11 Å². The Balaban J connectivity index is 2.01. The second kappa shape index (κ2) is 6.39. The molecule has 112 valence electrons. The second-order valence-corrected chi connectivity index (χ2v) is 7.63. The molecule has 0 spiro atoms. The number of nitrogens with zero attached hydrogens (tertiary/aromatic N) is 2. The van der Waals surface area contributed by atoms with Crippen LogP contribution in [0.1, 0.15) is 25.3 Å². The third-order valence-electron chi connectivity index (χ3n) is 3.59. The fourth-order valence-corrected chi connectivity index (χ4v) is 4.26. The predicted molar refractivity (Wildman–Crippen MR) is 78.1 cm³/mol. The van der Waals surface area contributed by atoms with Gasteiger partial charge in [-0.2, -0.15) is 4.31 Å². The highest BCUT2D eigenvalue weighted by atomic mass is 35.5. The van der Waals surface area contributed by atoms with E-state index in [-0.39, 0.29) is 18.3 Å². The van der Waals surface area contributed by atoms with Gasteiger partial charge in [0.25, 0.3) is 0 Å². The minimum absolute atomic E-state index is 0.0212. The standard InChI is InChI=1S/C13H19ClN2O3S/c1-10-2-4-12(17)9-16(10)20(18,19)7-6-11-3-5-13(14)15-8-11/h3,5,8,10,12,17H,2,4,6-7,9H2,1H3/t10-,12-/m1/s1. The Labute approximate surface area is 124 Å². The van der Waals surface area contributed by atoms with E-state index in [1.165, 1.54) is 4.31 Å². The Kier molecular flexibility index (Phi) is 5.01. The van der Waals surface area contributed by atoms with E-state index >= 15 is 0 Å². The maximum Gasteiger partial charge on any atom is 0.214 e. The molecule has 1 aliphatic heterocycles. The third-order valence-corrected chi connectivity index (χ3v) is 5.76. The van der Waals surface area contributed by atoms with Gasteiger partial charge in [0.1, 0.15) is 5.15 Å². The fourth-order valence-electron chi connectivity index (χ4n) is 2.36. The molecular weight excluding hydrogens is 300 g/mol. The first-order valence-corrected chi connectivity index (χ1v) is 8.65. The molecule has 5 nitrogen and oxygen atoms in total. The zero-order valence-corrected chi connectivity index (χ0v) is 12.9. The summed E-state index contributed by atoms with van der Waals surface area (Å²) >= 11 is 5.69. The van der Waals surface area contributed by atoms with Crippen LogP contribution in [0.15, 0.2) is 18.3 Å². The number of sulfonamides is 1. The number of pyridine rings is 1. The Morgan fingerprint density at radius 1 is 1.45 bits per heavy atom. The summed E-state index contributed by atoms with van der Waals surface area (Å²) in [6.45, 7) is 2.08. The van der Waals surface area contributed by atoms with E-state index in [1.807, 2.05) is 6.92 Å². The summed E-state index contributed by atoms with van der Waals surface area (Å²) in [6.07, 6.45) is 2.79. The first-order valence-electron chi connectivity index (χ1n) is 6.66. The summed E-state index contributed by atoms with van der Waals surface area (Å²) < 4.78 is 26.1. The molecular formula is C13H19ClN2O3S. The van der Waals surface area contributed by atoms with Crippen molar-refractivity contribution in [1.82, 2.24) is 9.29 Å². The van der Waals surface area contributed by atoms with Crippen LogP contribution in [0.4, 0.5) is 0 Å². The topological polar surface area (TPSA) is 70.5 Å². The third kappa shape index (κ3) is 3.91. The minimum atomic E-state index is -3.36. The number of β-amino-alcohol motifs (C(OH)–C–C–N with tert-alkyl or cyclic N) is 1. The minimum Gasteiger partial charge on any atom is -0.392 e. The molecule has 1 N–H and O–H groups in total. The smallest absolute Gasteiger partial charge is 0.214 e. The molecule has 1 saturated heterocycles. The lowest BCUT2D eigenvalue weighted by atomic mass is 10.0. The molecule has 2 rings (SSSR count). The zero-order chi connectivity index (χ0) is 14.8. The molecule has 1 aliphatic rings. The number of rotatable bonds is 4. The molecule has 1 fully saturated rings. The van der Waals surface area contributed by atoms with Crippen molar-refractivity contribution in [2.45, 2.75) is 38.3 Å². The Bertz CT molecular complexity index is 547. The van der Waals surface area contributed by atoms with Crippen molar-refractivity contribution in [3.8, 4) is 0 Å². The molecule has 0 saturated carbocycles. The SMILES string of the molecule is C[C@@H]1CC[C@@H](O)CN1S(=O)(=O)CCc1ccc(Cl)nc1. The average molecular weight is 319 g/mol. The van der Waals surface area contributed by atoms with Crippen LogP contribution in [0.3, 0.4) is 0 Å². The number of halogens is 1. The van der Waals surface area contributed by atoms with Gasteiger partial charge in [-0.3, -0.25) is 0 Å². The number of aryl methyl sites for hydroxylation is 1. The second-order valence-electron chi connectivity index (χ2n) is 5.21. The van der Waals surface area contributed by atoms with Gasteiger partial charge in [-0.15, -0.1) is 0 Å². The largest absolute Gasteiger partial charge is 0.392 e. The van der Waals surface area contributed by atoms with Crippen molar-refractivity contribution in [2.75, 3.05) is 12.3 Å². The molecule has 1 aromatic rings. The molecule has 1 aromatic heterocycles. The highest BCUT2D eigenvalue weighted by Crippen LogP contribution is 2.21. The molecule has 7 heteroatoms. The van der Waals surface area contributed by atoms with Crippen LogP contribution in [0.5, 0.6) is 0 Å². The lowest BCUT2D eigenvalue weighted by Crippen LogP contribution is -2.48. The number of aromatic nitrogens is 1.